The average molecular weight is 513 g/mol. The summed E-state index contributed by atoms with van der Waals surface area (Å²) in [6, 6.07) is 9.68. The Balaban J connectivity index is 1.82. The lowest BCUT2D eigenvalue weighted by molar-refractivity contribution is -0.140. The number of methoxy groups -OCH3 is 2. The first-order valence-electron chi connectivity index (χ1n) is 10.1. The van der Waals surface area contributed by atoms with E-state index >= 15 is 0 Å². The maximum atomic E-state index is 13.4. The zero-order valence-corrected chi connectivity index (χ0v) is 20.1. The van der Waals surface area contributed by atoms with E-state index in [1.54, 1.807) is 7.11 Å². The van der Waals surface area contributed by atoms with Crippen LogP contribution in [0.25, 0.3) is 11.3 Å². The minimum absolute atomic E-state index is 0.0656. The molecule has 2 amide bonds. The van der Waals surface area contributed by atoms with E-state index < -0.39 is 12.0 Å². The summed E-state index contributed by atoms with van der Waals surface area (Å²) in [5.74, 6) is -0.592. The van der Waals surface area contributed by atoms with E-state index in [0.29, 0.717) is 11.6 Å². The molecule has 0 spiro atoms. The van der Waals surface area contributed by atoms with Crippen LogP contribution in [0, 0.1) is 5.92 Å². The average Bonchev–Trinajstić information content (AvgIpc) is 3.40. The van der Waals surface area contributed by atoms with Crippen molar-refractivity contribution in [1.82, 2.24) is 15.2 Å². The predicted molar refractivity (Wildman–Crippen MR) is 123 cm³/mol. The van der Waals surface area contributed by atoms with Gasteiger partial charge in [-0.2, -0.15) is 0 Å². The predicted octanol–water partition coefficient (Wildman–Crippen LogP) is 4.77. The second-order valence-electron chi connectivity index (χ2n) is 7.56. The van der Waals surface area contributed by atoms with Gasteiger partial charge in [-0.15, -0.1) is 0 Å². The number of aromatic amines is 1. The standard InChI is InChI=1S/C22H27BrClN3O4/c1-13(30-2)16(12-25-22(29)31-3)21(28)27-10-4-5-19(27)18-11-17(24)20(26-18)14-6-8-15(23)9-7-14/h6-9,11,13,16,19,26H,4-5,10,12H2,1-3H3,(H,25,29)/t13-,16+,19+/m1/s1. The van der Waals surface area contributed by atoms with Gasteiger partial charge in [-0.1, -0.05) is 39.7 Å². The van der Waals surface area contributed by atoms with Gasteiger partial charge in [0, 0.05) is 30.4 Å². The van der Waals surface area contributed by atoms with Crippen molar-refractivity contribution in [3.63, 3.8) is 0 Å². The number of hydrogen-bond acceptors (Lipinski definition) is 4. The molecule has 0 saturated carbocycles. The van der Waals surface area contributed by atoms with Crippen LogP contribution in [0.15, 0.2) is 34.8 Å². The van der Waals surface area contributed by atoms with E-state index in [2.05, 4.69) is 31.0 Å². The fourth-order valence-electron chi connectivity index (χ4n) is 3.91. The number of carbonyl (C=O) groups excluding carboxylic acids is 2. The number of ether oxygens (including phenoxy) is 2. The van der Waals surface area contributed by atoms with E-state index in [0.717, 1.165) is 34.3 Å². The molecule has 168 valence electrons. The van der Waals surface area contributed by atoms with E-state index in [-0.39, 0.29) is 24.6 Å². The third-order valence-corrected chi connectivity index (χ3v) is 6.55. The molecule has 0 radical (unpaired) electrons. The fraction of sp³-hybridized carbons (Fsp3) is 0.455. The molecule has 7 nitrogen and oxygen atoms in total. The number of nitrogens with one attached hydrogen (secondary N) is 2. The highest BCUT2D eigenvalue weighted by molar-refractivity contribution is 9.10. The van der Waals surface area contributed by atoms with Crippen LogP contribution in [0.3, 0.4) is 0 Å². The van der Waals surface area contributed by atoms with Gasteiger partial charge in [-0.3, -0.25) is 4.79 Å². The van der Waals surface area contributed by atoms with Crippen LogP contribution in [0.2, 0.25) is 5.02 Å². The lowest BCUT2D eigenvalue weighted by Crippen LogP contribution is -2.46. The third kappa shape index (κ3) is 5.42. The van der Waals surface area contributed by atoms with Crippen LogP contribution in [-0.2, 0) is 14.3 Å². The van der Waals surface area contributed by atoms with Crippen molar-refractivity contribution < 1.29 is 19.1 Å². The number of benzene rings is 1. The summed E-state index contributed by atoms with van der Waals surface area (Å²) in [5, 5.41) is 3.24. The monoisotopic (exact) mass is 511 g/mol. The molecule has 2 aromatic rings. The molecular formula is C22H27BrClN3O4. The fourth-order valence-corrected chi connectivity index (χ4v) is 4.44. The highest BCUT2D eigenvalue weighted by atomic mass is 79.9. The maximum absolute atomic E-state index is 13.4. The molecule has 3 atom stereocenters. The number of H-pyrrole nitrogens is 1. The Bertz CT molecular complexity index is 918. The van der Waals surface area contributed by atoms with Gasteiger partial charge in [0.2, 0.25) is 5.91 Å². The molecule has 1 aromatic heterocycles. The van der Waals surface area contributed by atoms with Crippen molar-refractivity contribution in [2.24, 2.45) is 5.92 Å². The first kappa shape index (κ1) is 23.6. The second-order valence-corrected chi connectivity index (χ2v) is 8.89. The molecule has 2 N–H and O–H groups in total. The summed E-state index contributed by atoms with van der Waals surface area (Å²) < 4.78 is 11.0. The molecule has 1 fully saturated rings. The number of halogens is 2. The van der Waals surface area contributed by atoms with E-state index in [4.69, 9.17) is 16.3 Å². The molecule has 2 heterocycles. The van der Waals surface area contributed by atoms with Gasteiger partial charge in [-0.25, -0.2) is 4.79 Å². The number of alkyl carbamates (subject to hydrolysis) is 1. The van der Waals surface area contributed by atoms with Gasteiger partial charge in [-0.05, 0) is 43.5 Å². The number of amides is 2. The van der Waals surface area contributed by atoms with Gasteiger partial charge >= 0.3 is 6.09 Å². The number of aromatic nitrogens is 1. The Kier molecular flexibility index (Phi) is 8.02. The number of carbonyl (C=O) groups is 2. The molecule has 1 aliphatic heterocycles. The lowest BCUT2D eigenvalue weighted by atomic mass is 10.0. The Morgan fingerprint density at radius 1 is 1.32 bits per heavy atom. The maximum Gasteiger partial charge on any atom is 0.406 e. The van der Waals surface area contributed by atoms with Crippen molar-refractivity contribution in [3.05, 3.63) is 45.5 Å². The van der Waals surface area contributed by atoms with E-state index in [1.807, 2.05) is 42.2 Å². The minimum Gasteiger partial charge on any atom is -0.453 e. The highest BCUT2D eigenvalue weighted by Gasteiger charge is 2.37. The number of rotatable bonds is 7. The second kappa shape index (κ2) is 10.5. The molecule has 1 aliphatic rings. The molecule has 0 unspecified atom stereocenters. The van der Waals surface area contributed by atoms with Crippen LogP contribution in [-0.4, -0.2) is 55.3 Å². The Labute approximate surface area is 195 Å². The SMILES string of the molecule is COC(=O)NC[C@H](C(=O)N1CCC[C@H]1c1cc(Cl)c(-c2ccc(Br)cc2)[nH]1)[C@@H](C)OC. The first-order chi connectivity index (χ1) is 14.8. The van der Waals surface area contributed by atoms with Gasteiger partial charge in [0.1, 0.15) is 0 Å². The van der Waals surface area contributed by atoms with Gasteiger partial charge < -0.3 is 24.7 Å². The number of nitrogens with zero attached hydrogens (tertiary/aromatic N) is 1. The van der Waals surface area contributed by atoms with Crippen molar-refractivity contribution >= 4 is 39.5 Å². The summed E-state index contributed by atoms with van der Waals surface area (Å²) in [5.41, 5.74) is 2.71. The van der Waals surface area contributed by atoms with Crippen LogP contribution in [0.1, 0.15) is 31.5 Å². The zero-order valence-electron chi connectivity index (χ0n) is 17.8. The molecule has 0 aliphatic carbocycles. The van der Waals surface area contributed by atoms with Crippen LogP contribution in [0.4, 0.5) is 4.79 Å². The van der Waals surface area contributed by atoms with E-state index in [1.165, 1.54) is 7.11 Å². The molecule has 1 saturated heterocycles. The van der Waals surface area contributed by atoms with Crippen molar-refractivity contribution in [1.29, 1.82) is 0 Å². The van der Waals surface area contributed by atoms with Crippen LogP contribution in [0.5, 0.6) is 0 Å². The highest BCUT2D eigenvalue weighted by Crippen LogP contribution is 2.37. The Morgan fingerprint density at radius 2 is 2.03 bits per heavy atom. The van der Waals surface area contributed by atoms with Crippen molar-refractivity contribution in [2.75, 3.05) is 27.3 Å². The Morgan fingerprint density at radius 3 is 2.68 bits per heavy atom. The zero-order chi connectivity index (χ0) is 22.5. The quantitative estimate of drug-likeness (QED) is 0.560. The molecular weight excluding hydrogens is 486 g/mol. The van der Waals surface area contributed by atoms with E-state index in [9.17, 15) is 9.59 Å². The topological polar surface area (TPSA) is 83.7 Å². The smallest absolute Gasteiger partial charge is 0.406 e. The lowest BCUT2D eigenvalue weighted by Gasteiger charge is -2.31. The van der Waals surface area contributed by atoms with Crippen molar-refractivity contribution in [2.45, 2.75) is 31.9 Å². The van der Waals surface area contributed by atoms with Crippen LogP contribution >= 0.6 is 27.5 Å². The summed E-state index contributed by atoms with van der Waals surface area (Å²) in [6.45, 7) is 2.60. The normalized spacial score (nSPS) is 18.0. The van der Waals surface area contributed by atoms with Crippen molar-refractivity contribution in [3.8, 4) is 11.3 Å². The Hall–Kier alpha value is -2.03. The minimum atomic E-state index is -0.575. The number of hydrogen-bond donors (Lipinski definition) is 2. The summed E-state index contributed by atoms with van der Waals surface area (Å²) in [7, 11) is 2.85. The summed E-state index contributed by atoms with van der Waals surface area (Å²) in [4.78, 5) is 30.2. The largest absolute Gasteiger partial charge is 0.453 e. The van der Waals surface area contributed by atoms with Crippen LogP contribution < -0.4 is 5.32 Å². The van der Waals surface area contributed by atoms with Gasteiger partial charge in [0.25, 0.3) is 0 Å². The summed E-state index contributed by atoms with van der Waals surface area (Å²) in [6.07, 6.45) is 0.783. The van der Waals surface area contributed by atoms with Gasteiger partial charge in [0.15, 0.2) is 0 Å². The third-order valence-electron chi connectivity index (χ3n) is 5.73. The number of likely N-dealkylation sites (tertiary alicyclic amines) is 1. The molecule has 1 aromatic carbocycles. The molecule has 0 bridgehead atoms. The molecule has 9 heteroatoms. The molecule has 3 rings (SSSR count). The first-order valence-corrected chi connectivity index (χ1v) is 11.3. The summed E-state index contributed by atoms with van der Waals surface area (Å²) >= 11 is 9.98. The van der Waals surface area contributed by atoms with Gasteiger partial charge in [0.05, 0.1) is 35.9 Å². The molecule has 31 heavy (non-hydrogen) atoms.